The molecule has 2 heterocycles. The number of nitrogens with zero attached hydrogens (tertiary/aromatic N) is 4. The van der Waals surface area contributed by atoms with E-state index >= 15 is 0 Å². The Morgan fingerprint density at radius 3 is 1.30 bits per heavy atom. The van der Waals surface area contributed by atoms with Gasteiger partial charge in [0.2, 0.25) is 0 Å². The standard InChI is InChI=1S/C55H36N4O/c1-5-15-37(16-6-1)39-25-29-44(30-26-39)59(45-31-27-40(28-32-45)38-17-7-2-8-18-38)46-33-34-48-50(36-46)60-52-47-24-14-13-23-43(47)35-49(51(48)52)55-57-53(41-19-9-3-10-20-41)56-54(58-55)42-21-11-4-12-22-42/h1-36H. The average Bonchev–Trinajstić information content (AvgIpc) is 3.72. The number of rotatable bonds is 8. The Balaban J connectivity index is 1.10. The van der Waals surface area contributed by atoms with Gasteiger partial charge in [0.15, 0.2) is 17.5 Å². The average molecular weight is 769 g/mol. The lowest BCUT2D eigenvalue weighted by molar-refractivity contribution is 0.673. The minimum atomic E-state index is 0.587. The van der Waals surface area contributed by atoms with Crippen LogP contribution in [0.15, 0.2) is 223 Å². The van der Waals surface area contributed by atoms with E-state index in [1.54, 1.807) is 0 Å². The molecule has 5 nitrogen and oxygen atoms in total. The maximum atomic E-state index is 6.98. The first-order chi connectivity index (χ1) is 29.7. The molecule has 0 amide bonds. The highest BCUT2D eigenvalue weighted by atomic mass is 16.3. The van der Waals surface area contributed by atoms with Crippen LogP contribution in [0.1, 0.15) is 0 Å². The van der Waals surface area contributed by atoms with Gasteiger partial charge in [-0.25, -0.2) is 15.0 Å². The zero-order chi connectivity index (χ0) is 39.8. The van der Waals surface area contributed by atoms with Gasteiger partial charge in [-0.05, 0) is 70.1 Å². The number of hydrogen-bond acceptors (Lipinski definition) is 5. The first-order valence-corrected chi connectivity index (χ1v) is 20.1. The van der Waals surface area contributed by atoms with Crippen molar-refractivity contribution in [1.82, 2.24) is 15.0 Å². The summed E-state index contributed by atoms with van der Waals surface area (Å²) in [6.45, 7) is 0. The number of benzene rings is 9. The lowest BCUT2D eigenvalue weighted by Crippen LogP contribution is -2.09. The third kappa shape index (κ3) is 6.45. The Bertz CT molecular complexity index is 3140. The Morgan fingerprint density at radius 2 is 0.767 bits per heavy atom. The van der Waals surface area contributed by atoms with E-state index in [9.17, 15) is 0 Å². The molecule has 0 aliphatic heterocycles. The second-order valence-corrected chi connectivity index (χ2v) is 14.8. The quantitative estimate of drug-likeness (QED) is 0.154. The van der Waals surface area contributed by atoms with Crippen LogP contribution in [0.4, 0.5) is 17.1 Å². The molecular weight excluding hydrogens is 733 g/mol. The minimum absolute atomic E-state index is 0.587. The predicted octanol–water partition coefficient (Wildman–Crippen LogP) is 14.7. The Kier molecular flexibility index (Phi) is 8.75. The first-order valence-electron chi connectivity index (χ1n) is 20.1. The molecule has 0 atom stereocenters. The molecule has 0 bridgehead atoms. The maximum absolute atomic E-state index is 6.98. The molecule has 11 aromatic rings. The second kappa shape index (κ2) is 15.0. The van der Waals surface area contributed by atoms with Gasteiger partial charge < -0.3 is 9.32 Å². The van der Waals surface area contributed by atoms with Crippen molar-refractivity contribution in [2.75, 3.05) is 4.90 Å². The topological polar surface area (TPSA) is 55.1 Å². The van der Waals surface area contributed by atoms with Gasteiger partial charge in [-0.3, -0.25) is 0 Å². The molecule has 0 radical (unpaired) electrons. The highest BCUT2D eigenvalue weighted by Crippen LogP contribution is 2.44. The summed E-state index contributed by atoms with van der Waals surface area (Å²) in [6.07, 6.45) is 0. The molecular formula is C55H36N4O. The van der Waals surface area contributed by atoms with Crippen LogP contribution in [0.25, 0.3) is 89.1 Å². The van der Waals surface area contributed by atoms with Crippen LogP contribution in [0.2, 0.25) is 0 Å². The molecule has 0 spiro atoms. The van der Waals surface area contributed by atoms with E-state index in [4.69, 9.17) is 19.4 Å². The largest absolute Gasteiger partial charge is 0.455 e. The van der Waals surface area contributed by atoms with Crippen molar-refractivity contribution in [3.63, 3.8) is 0 Å². The van der Waals surface area contributed by atoms with E-state index in [0.29, 0.717) is 17.5 Å². The molecule has 282 valence electrons. The highest BCUT2D eigenvalue weighted by molar-refractivity contribution is 6.21. The lowest BCUT2D eigenvalue weighted by atomic mass is 9.99. The minimum Gasteiger partial charge on any atom is -0.455 e. The van der Waals surface area contributed by atoms with Gasteiger partial charge in [-0.1, -0.05) is 170 Å². The van der Waals surface area contributed by atoms with E-state index in [1.807, 2.05) is 72.8 Å². The van der Waals surface area contributed by atoms with Gasteiger partial charge in [0.05, 0.1) is 0 Å². The van der Waals surface area contributed by atoms with Crippen LogP contribution in [0, 0.1) is 0 Å². The van der Waals surface area contributed by atoms with Gasteiger partial charge in [0.25, 0.3) is 0 Å². The van der Waals surface area contributed by atoms with E-state index in [2.05, 4.69) is 150 Å². The Morgan fingerprint density at radius 1 is 0.333 bits per heavy atom. The number of aromatic nitrogens is 3. The SMILES string of the molecule is c1ccc(-c2ccc(N(c3ccc(-c4ccccc4)cc3)c3ccc4c(c3)oc3c5ccccc5cc(-c5nc(-c6ccccc6)nc(-c6ccccc6)n5)c43)cc2)cc1. The monoisotopic (exact) mass is 768 g/mol. The van der Waals surface area contributed by atoms with Crippen molar-refractivity contribution < 1.29 is 4.42 Å². The van der Waals surface area contributed by atoms with Crippen molar-refractivity contribution in [3.05, 3.63) is 218 Å². The van der Waals surface area contributed by atoms with Gasteiger partial charge in [0.1, 0.15) is 11.2 Å². The van der Waals surface area contributed by atoms with E-state index < -0.39 is 0 Å². The highest BCUT2D eigenvalue weighted by Gasteiger charge is 2.22. The fourth-order valence-electron chi connectivity index (χ4n) is 8.16. The van der Waals surface area contributed by atoms with E-state index in [-0.39, 0.29) is 0 Å². The van der Waals surface area contributed by atoms with Crippen LogP contribution in [-0.4, -0.2) is 15.0 Å². The summed E-state index contributed by atoms with van der Waals surface area (Å²) < 4.78 is 6.98. The Hall–Kier alpha value is -8.15. The summed E-state index contributed by atoms with van der Waals surface area (Å²) in [5.41, 5.74) is 12.0. The summed E-state index contributed by atoms with van der Waals surface area (Å²) >= 11 is 0. The van der Waals surface area contributed by atoms with Gasteiger partial charge in [0, 0.05) is 56.0 Å². The zero-order valence-corrected chi connectivity index (χ0v) is 32.5. The fourth-order valence-corrected chi connectivity index (χ4v) is 8.16. The summed E-state index contributed by atoms with van der Waals surface area (Å²) in [5, 5.41) is 4.02. The van der Waals surface area contributed by atoms with Crippen molar-refractivity contribution in [2.24, 2.45) is 0 Å². The number of hydrogen-bond donors (Lipinski definition) is 0. The van der Waals surface area contributed by atoms with Gasteiger partial charge in [-0.2, -0.15) is 0 Å². The van der Waals surface area contributed by atoms with Crippen LogP contribution >= 0.6 is 0 Å². The second-order valence-electron chi connectivity index (χ2n) is 14.8. The lowest BCUT2D eigenvalue weighted by Gasteiger charge is -2.26. The smallest absolute Gasteiger partial charge is 0.164 e. The molecule has 0 aliphatic carbocycles. The molecule has 11 rings (SSSR count). The van der Waals surface area contributed by atoms with Crippen molar-refractivity contribution in [1.29, 1.82) is 0 Å². The third-order valence-corrected chi connectivity index (χ3v) is 11.1. The maximum Gasteiger partial charge on any atom is 0.164 e. The van der Waals surface area contributed by atoms with Crippen LogP contribution in [-0.2, 0) is 0 Å². The molecule has 0 aliphatic rings. The predicted molar refractivity (Wildman–Crippen MR) is 246 cm³/mol. The Labute approximate surface area is 347 Å². The van der Waals surface area contributed by atoms with Gasteiger partial charge >= 0.3 is 0 Å². The van der Waals surface area contributed by atoms with Crippen molar-refractivity contribution in [3.8, 4) is 56.4 Å². The molecule has 0 unspecified atom stereocenters. The molecule has 0 N–H and O–H groups in total. The molecule has 2 aromatic heterocycles. The number of anilines is 3. The fraction of sp³-hybridized carbons (Fsp3) is 0. The molecule has 0 saturated carbocycles. The van der Waals surface area contributed by atoms with Crippen LogP contribution < -0.4 is 4.90 Å². The molecule has 9 aromatic carbocycles. The zero-order valence-electron chi connectivity index (χ0n) is 32.5. The molecule has 0 fully saturated rings. The summed E-state index contributed by atoms with van der Waals surface area (Å²) in [6, 6.07) is 75.8. The van der Waals surface area contributed by atoms with Crippen LogP contribution in [0.3, 0.4) is 0 Å². The summed E-state index contributed by atoms with van der Waals surface area (Å²) in [4.78, 5) is 17.6. The normalized spacial score (nSPS) is 11.3. The number of furan rings is 1. The van der Waals surface area contributed by atoms with E-state index in [1.165, 1.54) is 11.1 Å². The first kappa shape index (κ1) is 35.0. The van der Waals surface area contributed by atoms with Gasteiger partial charge in [-0.15, -0.1) is 0 Å². The molecule has 60 heavy (non-hydrogen) atoms. The van der Waals surface area contributed by atoms with Crippen molar-refractivity contribution >= 4 is 49.8 Å². The number of fused-ring (bicyclic) bond motifs is 5. The van der Waals surface area contributed by atoms with Crippen LogP contribution in [0.5, 0.6) is 0 Å². The molecule has 0 saturated heterocycles. The third-order valence-electron chi connectivity index (χ3n) is 11.1. The van der Waals surface area contributed by atoms with Crippen molar-refractivity contribution in [2.45, 2.75) is 0 Å². The summed E-state index contributed by atoms with van der Waals surface area (Å²) in [5.74, 6) is 1.81. The molecule has 5 heteroatoms. The van der Waals surface area contributed by atoms with E-state index in [0.717, 1.165) is 77.6 Å². The summed E-state index contributed by atoms with van der Waals surface area (Å²) in [7, 11) is 0.